The van der Waals surface area contributed by atoms with Crippen molar-refractivity contribution in [1.29, 1.82) is 5.26 Å². The molecule has 98 valence electrons. The van der Waals surface area contributed by atoms with Gasteiger partial charge in [-0.1, -0.05) is 11.6 Å². The van der Waals surface area contributed by atoms with E-state index in [1.54, 1.807) is 6.92 Å². The van der Waals surface area contributed by atoms with Crippen molar-refractivity contribution < 1.29 is 13.5 Å². The number of nitrogens with zero attached hydrogens (tertiary/aromatic N) is 2. The van der Waals surface area contributed by atoms with Gasteiger partial charge >= 0.3 is 0 Å². The monoisotopic (exact) mass is 288 g/mol. The van der Waals surface area contributed by atoms with Crippen molar-refractivity contribution in [2.45, 2.75) is 17.9 Å². The molecule has 0 aromatic heterocycles. The minimum absolute atomic E-state index is 0.0220. The highest BCUT2D eigenvalue weighted by molar-refractivity contribution is 7.89. The first kappa shape index (κ1) is 14.9. The normalized spacial score (nSPS) is 13.3. The third-order valence-electron chi connectivity index (χ3n) is 2.62. The average molecular weight is 289 g/mol. The van der Waals surface area contributed by atoms with Crippen LogP contribution in [0.2, 0.25) is 5.02 Å². The van der Waals surface area contributed by atoms with E-state index in [9.17, 15) is 8.42 Å². The minimum Gasteiger partial charge on any atom is -0.395 e. The molecule has 5 nitrogen and oxygen atoms in total. The second-order valence-corrected chi connectivity index (χ2v) is 6.21. The molecule has 0 amide bonds. The van der Waals surface area contributed by atoms with Gasteiger partial charge in [0.05, 0.1) is 22.1 Å². The van der Waals surface area contributed by atoms with Crippen LogP contribution in [0.5, 0.6) is 0 Å². The van der Waals surface area contributed by atoms with Crippen LogP contribution in [0.1, 0.15) is 12.5 Å². The average Bonchev–Trinajstić information content (AvgIpc) is 2.37. The molecule has 0 aliphatic heterocycles. The van der Waals surface area contributed by atoms with Crippen LogP contribution in [0.4, 0.5) is 0 Å². The van der Waals surface area contributed by atoms with Crippen molar-refractivity contribution in [3.8, 4) is 6.07 Å². The highest BCUT2D eigenvalue weighted by Gasteiger charge is 2.25. The molecule has 0 saturated carbocycles. The first-order chi connectivity index (χ1) is 8.34. The second kappa shape index (κ2) is 5.67. The van der Waals surface area contributed by atoms with Crippen molar-refractivity contribution in [3.63, 3.8) is 0 Å². The molecular formula is C11H13ClN2O3S. The zero-order chi connectivity index (χ0) is 13.9. The Morgan fingerprint density at radius 1 is 1.56 bits per heavy atom. The molecule has 1 rings (SSSR count). The summed E-state index contributed by atoms with van der Waals surface area (Å²) in [6, 6.07) is 5.20. The molecule has 1 aromatic rings. The Bertz CT molecular complexity index is 580. The zero-order valence-corrected chi connectivity index (χ0v) is 11.5. The van der Waals surface area contributed by atoms with E-state index in [0.29, 0.717) is 0 Å². The van der Waals surface area contributed by atoms with Gasteiger partial charge < -0.3 is 5.11 Å². The highest BCUT2D eigenvalue weighted by atomic mass is 35.5. The molecule has 1 N–H and O–H groups in total. The highest BCUT2D eigenvalue weighted by Crippen LogP contribution is 2.22. The lowest BCUT2D eigenvalue weighted by Crippen LogP contribution is -2.37. The van der Waals surface area contributed by atoms with Gasteiger partial charge in [-0.15, -0.1) is 0 Å². The number of hydrogen-bond acceptors (Lipinski definition) is 4. The molecular weight excluding hydrogens is 276 g/mol. The lowest BCUT2D eigenvalue weighted by molar-refractivity contribution is 0.214. The number of hydrogen-bond donors (Lipinski definition) is 1. The van der Waals surface area contributed by atoms with Gasteiger partial charge in [0.15, 0.2) is 0 Å². The number of aliphatic hydroxyl groups excluding tert-OH is 1. The Balaban J connectivity index is 3.26. The number of halogens is 1. The maximum absolute atomic E-state index is 12.2. The van der Waals surface area contributed by atoms with Gasteiger partial charge in [0.2, 0.25) is 10.0 Å². The molecule has 0 heterocycles. The van der Waals surface area contributed by atoms with E-state index >= 15 is 0 Å². The van der Waals surface area contributed by atoms with E-state index in [1.807, 2.05) is 6.07 Å². The number of rotatable bonds is 4. The smallest absolute Gasteiger partial charge is 0.243 e. The van der Waals surface area contributed by atoms with Gasteiger partial charge in [0.25, 0.3) is 0 Å². The summed E-state index contributed by atoms with van der Waals surface area (Å²) >= 11 is 5.74. The van der Waals surface area contributed by atoms with Gasteiger partial charge in [-0.05, 0) is 25.1 Å². The van der Waals surface area contributed by atoms with Crippen LogP contribution in [0, 0.1) is 11.3 Å². The first-order valence-corrected chi connectivity index (χ1v) is 6.95. The Morgan fingerprint density at radius 3 is 2.67 bits per heavy atom. The molecule has 0 bridgehead atoms. The summed E-state index contributed by atoms with van der Waals surface area (Å²) in [6.45, 7) is 1.30. The third kappa shape index (κ3) is 2.82. The SMILES string of the molecule is CC(CO)N(C)S(=O)(=O)c1ccc(Cl)c(C#N)c1. The lowest BCUT2D eigenvalue weighted by atomic mass is 10.2. The summed E-state index contributed by atoms with van der Waals surface area (Å²) in [5.74, 6) is 0. The minimum atomic E-state index is -3.74. The molecule has 0 radical (unpaired) electrons. The molecule has 0 spiro atoms. The van der Waals surface area contributed by atoms with Crippen LogP contribution in [0.25, 0.3) is 0 Å². The predicted molar refractivity (Wildman–Crippen MR) is 67.7 cm³/mol. The molecule has 0 aliphatic rings. The fourth-order valence-electron chi connectivity index (χ4n) is 1.27. The fraction of sp³-hybridized carbons (Fsp3) is 0.364. The van der Waals surface area contributed by atoms with Crippen LogP contribution in [0.15, 0.2) is 23.1 Å². The van der Waals surface area contributed by atoms with Crippen molar-refractivity contribution in [2.75, 3.05) is 13.7 Å². The largest absolute Gasteiger partial charge is 0.395 e. The molecule has 7 heteroatoms. The molecule has 1 aromatic carbocycles. The number of sulfonamides is 1. The van der Waals surface area contributed by atoms with E-state index in [2.05, 4.69) is 0 Å². The van der Waals surface area contributed by atoms with Crippen molar-refractivity contribution in [1.82, 2.24) is 4.31 Å². The van der Waals surface area contributed by atoms with Gasteiger partial charge in [-0.2, -0.15) is 9.57 Å². The fourth-order valence-corrected chi connectivity index (χ4v) is 2.81. The van der Waals surface area contributed by atoms with E-state index < -0.39 is 16.1 Å². The molecule has 1 unspecified atom stereocenters. The molecule has 0 aliphatic carbocycles. The Hall–Kier alpha value is -1.13. The summed E-state index contributed by atoms with van der Waals surface area (Å²) in [6.07, 6.45) is 0. The summed E-state index contributed by atoms with van der Waals surface area (Å²) in [7, 11) is -2.36. The lowest BCUT2D eigenvalue weighted by Gasteiger charge is -2.22. The van der Waals surface area contributed by atoms with E-state index in [1.165, 1.54) is 25.2 Å². The van der Waals surface area contributed by atoms with Crippen LogP contribution in [-0.4, -0.2) is 37.5 Å². The molecule has 1 atom stereocenters. The topological polar surface area (TPSA) is 81.4 Å². The van der Waals surface area contributed by atoms with Gasteiger partial charge in [-0.25, -0.2) is 8.42 Å². The Labute approximate surface area is 111 Å². The summed E-state index contributed by atoms with van der Waals surface area (Å²) in [4.78, 5) is -0.0220. The first-order valence-electron chi connectivity index (χ1n) is 5.13. The van der Waals surface area contributed by atoms with Crippen LogP contribution >= 0.6 is 11.6 Å². The Kier molecular flexibility index (Phi) is 4.71. The molecule has 18 heavy (non-hydrogen) atoms. The van der Waals surface area contributed by atoms with Crippen molar-refractivity contribution in [2.24, 2.45) is 0 Å². The summed E-state index contributed by atoms with van der Waals surface area (Å²) in [5, 5.41) is 18.0. The van der Waals surface area contributed by atoms with Crippen molar-refractivity contribution >= 4 is 21.6 Å². The van der Waals surface area contributed by atoms with Crippen LogP contribution in [-0.2, 0) is 10.0 Å². The number of nitriles is 1. The van der Waals surface area contributed by atoms with Gasteiger partial charge in [0.1, 0.15) is 6.07 Å². The second-order valence-electron chi connectivity index (χ2n) is 3.81. The van der Waals surface area contributed by atoms with Crippen LogP contribution < -0.4 is 0 Å². The number of aliphatic hydroxyl groups is 1. The summed E-state index contributed by atoms with van der Waals surface area (Å²) < 4.78 is 25.4. The zero-order valence-electron chi connectivity index (χ0n) is 9.96. The van der Waals surface area contributed by atoms with Crippen LogP contribution in [0.3, 0.4) is 0 Å². The maximum Gasteiger partial charge on any atom is 0.243 e. The standard InChI is InChI=1S/C11H13ClN2O3S/c1-8(7-15)14(2)18(16,17)10-3-4-11(12)9(5-10)6-13/h3-5,8,15H,7H2,1-2H3. The van der Waals surface area contributed by atoms with E-state index in [0.717, 1.165) is 4.31 Å². The number of benzene rings is 1. The maximum atomic E-state index is 12.2. The predicted octanol–water partition coefficient (Wildman–Crippen LogP) is 1.21. The Morgan fingerprint density at radius 2 is 2.17 bits per heavy atom. The molecule has 0 saturated heterocycles. The van der Waals surface area contributed by atoms with Gasteiger partial charge in [0, 0.05) is 13.1 Å². The van der Waals surface area contributed by atoms with E-state index in [-0.39, 0.29) is 22.1 Å². The van der Waals surface area contributed by atoms with E-state index in [4.69, 9.17) is 22.0 Å². The van der Waals surface area contributed by atoms with Crippen molar-refractivity contribution in [3.05, 3.63) is 28.8 Å². The third-order valence-corrected chi connectivity index (χ3v) is 4.92. The number of likely N-dealkylation sites (N-methyl/N-ethyl adjacent to an activating group) is 1. The quantitative estimate of drug-likeness (QED) is 0.903. The molecule has 0 fully saturated rings. The van der Waals surface area contributed by atoms with Gasteiger partial charge in [-0.3, -0.25) is 0 Å². The summed E-state index contributed by atoms with van der Waals surface area (Å²) in [5.41, 5.74) is 0.0998.